The minimum Gasteiger partial charge on any atom is -0.493 e. The third kappa shape index (κ3) is 7.87. The zero-order valence-corrected chi connectivity index (χ0v) is 18.9. The van der Waals surface area contributed by atoms with Crippen molar-refractivity contribution in [1.82, 2.24) is 5.32 Å². The summed E-state index contributed by atoms with van der Waals surface area (Å²) in [7, 11) is 0. The fourth-order valence-corrected chi connectivity index (χ4v) is 2.90. The van der Waals surface area contributed by atoms with Gasteiger partial charge in [0.25, 0.3) is 5.91 Å². The maximum absolute atomic E-state index is 12.7. The van der Waals surface area contributed by atoms with Crippen molar-refractivity contribution in [3.05, 3.63) is 65.2 Å². The van der Waals surface area contributed by atoms with E-state index in [4.69, 9.17) is 21.7 Å². The van der Waals surface area contributed by atoms with Crippen LogP contribution < -0.4 is 20.1 Å². The maximum atomic E-state index is 12.7. The summed E-state index contributed by atoms with van der Waals surface area (Å²) in [5, 5.41) is 5.88. The summed E-state index contributed by atoms with van der Waals surface area (Å²) >= 11 is 8.67. The van der Waals surface area contributed by atoms with Crippen LogP contribution in [0.15, 0.2) is 59.6 Å². The van der Waals surface area contributed by atoms with Crippen molar-refractivity contribution in [2.45, 2.75) is 20.3 Å². The number of carbonyl (C=O) groups excluding carboxylic acids is 1. The Labute approximate surface area is 185 Å². The van der Waals surface area contributed by atoms with Gasteiger partial charge in [-0.05, 0) is 67.0 Å². The molecule has 0 unspecified atom stereocenters. The highest BCUT2D eigenvalue weighted by Crippen LogP contribution is 2.24. The van der Waals surface area contributed by atoms with Gasteiger partial charge >= 0.3 is 0 Å². The molecule has 5 nitrogen and oxygen atoms in total. The average molecular weight is 477 g/mol. The molecule has 0 fully saturated rings. The van der Waals surface area contributed by atoms with Crippen LogP contribution >= 0.6 is 28.1 Å². The summed E-state index contributed by atoms with van der Waals surface area (Å²) in [6.45, 7) is 8.85. The Morgan fingerprint density at radius 2 is 1.93 bits per heavy atom. The first-order valence-electron chi connectivity index (χ1n) is 9.27. The number of carbonyl (C=O) groups is 1. The Kier molecular flexibility index (Phi) is 9.15. The Hall–Kier alpha value is -2.38. The third-order valence-electron chi connectivity index (χ3n) is 3.85. The molecule has 7 heteroatoms. The van der Waals surface area contributed by atoms with Crippen LogP contribution in [0.25, 0.3) is 0 Å². The number of halogens is 1. The second-order valence-corrected chi connectivity index (χ2v) is 8.03. The van der Waals surface area contributed by atoms with Crippen molar-refractivity contribution < 1.29 is 14.3 Å². The molecule has 0 aliphatic heterocycles. The molecule has 0 atom stereocenters. The molecule has 0 aromatic heterocycles. The lowest BCUT2D eigenvalue weighted by atomic mass is 10.1. The molecule has 0 aliphatic carbocycles. The number of anilines is 1. The zero-order chi connectivity index (χ0) is 21.2. The van der Waals surface area contributed by atoms with Gasteiger partial charge in [0.2, 0.25) is 0 Å². The van der Waals surface area contributed by atoms with Crippen LogP contribution in [-0.4, -0.2) is 24.2 Å². The molecule has 154 valence electrons. The smallest absolute Gasteiger partial charge is 0.261 e. The summed E-state index contributed by atoms with van der Waals surface area (Å²) in [6.07, 6.45) is 2.59. The third-order valence-corrected chi connectivity index (χ3v) is 4.54. The summed E-state index contributed by atoms with van der Waals surface area (Å²) in [4.78, 5) is 12.7. The van der Waals surface area contributed by atoms with Gasteiger partial charge in [-0.1, -0.05) is 42.4 Å². The monoisotopic (exact) mass is 476 g/mol. The van der Waals surface area contributed by atoms with Gasteiger partial charge in [0, 0.05) is 10.2 Å². The summed E-state index contributed by atoms with van der Waals surface area (Å²) in [5.74, 6) is 1.43. The molecule has 1 amide bonds. The van der Waals surface area contributed by atoms with Gasteiger partial charge in [0.05, 0.1) is 12.2 Å². The van der Waals surface area contributed by atoms with Crippen LogP contribution in [0, 0.1) is 5.92 Å². The van der Waals surface area contributed by atoms with Gasteiger partial charge in [-0.2, -0.15) is 0 Å². The number of ether oxygens (including phenoxy) is 2. The van der Waals surface area contributed by atoms with Gasteiger partial charge in [0.1, 0.15) is 18.1 Å². The fraction of sp³-hybridized carbons (Fsp3) is 0.273. The highest BCUT2D eigenvalue weighted by Gasteiger charge is 2.15. The Bertz CT molecular complexity index is 854. The summed E-state index contributed by atoms with van der Waals surface area (Å²) < 4.78 is 12.0. The van der Waals surface area contributed by atoms with Crippen LogP contribution in [0.1, 0.15) is 30.6 Å². The highest BCUT2D eigenvalue weighted by molar-refractivity contribution is 9.10. The van der Waals surface area contributed by atoms with E-state index in [1.165, 1.54) is 0 Å². The molecular formula is C22H25BrN2O3S. The lowest BCUT2D eigenvalue weighted by molar-refractivity contribution is 0.0973. The van der Waals surface area contributed by atoms with E-state index in [1.54, 1.807) is 18.2 Å². The van der Waals surface area contributed by atoms with Crippen molar-refractivity contribution >= 4 is 44.9 Å². The molecule has 0 saturated carbocycles. The average Bonchev–Trinajstić information content (AvgIpc) is 2.68. The zero-order valence-electron chi connectivity index (χ0n) is 16.5. The quantitative estimate of drug-likeness (QED) is 0.366. The minimum absolute atomic E-state index is 0.197. The summed E-state index contributed by atoms with van der Waals surface area (Å²) in [6, 6.07) is 12.6. The number of thiocarbonyl (C=S) groups is 1. The second-order valence-electron chi connectivity index (χ2n) is 6.70. The van der Waals surface area contributed by atoms with E-state index in [-0.39, 0.29) is 11.0 Å². The van der Waals surface area contributed by atoms with Crippen molar-refractivity contribution in [3.63, 3.8) is 0 Å². The number of benzene rings is 2. The Morgan fingerprint density at radius 1 is 1.21 bits per heavy atom. The Morgan fingerprint density at radius 3 is 2.59 bits per heavy atom. The minimum atomic E-state index is -0.339. The number of hydrogen-bond donors (Lipinski definition) is 2. The SMILES string of the molecule is C=CCOc1ccc(NC(=S)NC(=O)c2cc(Br)ccc2OCCC(C)C)cc1. The van der Waals surface area contributed by atoms with Gasteiger partial charge in [0.15, 0.2) is 5.11 Å². The largest absolute Gasteiger partial charge is 0.493 e. The molecule has 0 spiro atoms. The second kappa shape index (κ2) is 11.6. The first kappa shape index (κ1) is 22.9. The van der Waals surface area contributed by atoms with E-state index in [9.17, 15) is 4.79 Å². The molecule has 2 N–H and O–H groups in total. The molecule has 2 aromatic rings. The molecule has 0 saturated heterocycles. The first-order chi connectivity index (χ1) is 13.9. The van der Waals surface area contributed by atoms with E-state index in [1.807, 2.05) is 30.3 Å². The van der Waals surface area contributed by atoms with Crippen molar-refractivity contribution in [2.24, 2.45) is 5.92 Å². The molecule has 2 aromatic carbocycles. The van der Waals surface area contributed by atoms with E-state index in [2.05, 4.69) is 47.0 Å². The molecule has 0 aliphatic rings. The lowest BCUT2D eigenvalue weighted by Gasteiger charge is -2.14. The normalized spacial score (nSPS) is 10.3. The van der Waals surface area contributed by atoms with Crippen LogP contribution in [0.2, 0.25) is 0 Å². The number of rotatable bonds is 9. The standard InChI is InChI=1S/C22H25BrN2O3S/c1-4-12-27-18-8-6-17(7-9-18)24-22(29)25-21(26)19-14-16(23)5-10-20(19)28-13-11-15(2)3/h4-10,14-15H,1,11-13H2,2-3H3,(H2,24,25,26,29). The molecular weight excluding hydrogens is 452 g/mol. The maximum Gasteiger partial charge on any atom is 0.261 e. The highest BCUT2D eigenvalue weighted by atomic mass is 79.9. The molecule has 0 bridgehead atoms. The van der Waals surface area contributed by atoms with Gasteiger partial charge in [-0.3, -0.25) is 10.1 Å². The number of amides is 1. The van der Waals surface area contributed by atoms with Crippen LogP contribution in [0.4, 0.5) is 5.69 Å². The molecule has 0 heterocycles. The fourth-order valence-electron chi connectivity index (χ4n) is 2.33. The van der Waals surface area contributed by atoms with Crippen LogP contribution in [0.5, 0.6) is 11.5 Å². The Balaban J connectivity index is 1.99. The van der Waals surface area contributed by atoms with Crippen molar-refractivity contribution in [2.75, 3.05) is 18.5 Å². The van der Waals surface area contributed by atoms with E-state index in [0.29, 0.717) is 30.4 Å². The van der Waals surface area contributed by atoms with Crippen molar-refractivity contribution in [3.8, 4) is 11.5 Å². The van der Waals surface area contributed by atoms with Gasteiger partial charge < -0.3 is 14.8 Å². The van der Waals surface area contributed by atoms with Crippen LogP contribution in [0.3, 0.4) is 0 Å². The van der Waals surface area contributed by atoms with Gasteiger partial charge in [-0.25, -0.2) is 0 Å². The molecule has 2 rings (SSSR count). The first-order valence-corrected chi connectivity index (χ1v) is 10.5. The van der Waals surface area contributed by atoms with E-state index in [0.717, 1.165) is 22.3 Å². The van der Waals surface area contributed by atoms with Crippen LogP contribution in [-0.2, 0) is 0 Å². The molecule has 29 heavy (non-hydrogen) atoms. The molecule has 0 radical (unpaired) electrons. The van der Waals surface area contributed by atoms with E-state index >= 15 is 0 Å². The van der Waals surface area contributed by atoms with Gasteiger partial charge in [-0.15, -0.1) is 0 Å². The number of hydrogen-bond acceptors (Lipinski definition) is 4. The summed E-state index contributed by atoms with van der Waals surface area (Å²) in [5.41, 5.74) is 1.16. The van der Waals surface area contributed by atoms with E-state index < -0.39 is 0 Å². The predicted octanol–water partition coefficient (Wildman–Crippen LogP) is 5.57. The number of nitrogens with one attached hydrogen (secondary N) is 2. The predicted molar refractivity (Wildman–Crippen MR) is 125 cm³/mol. The lowest BCUT2D eigenvalue weighted by Crippen LogP contribution is -2.34. The topological polar surface area (TPSA) is 59.6 Å². The van der Waals surface area contributed by atoms with Crippen molar-refractivity contribution in [1.29, 1.82) is 0 Å².